The first-order valence-electron chi connectivity index (χ1n) is 12.2. The highest BCUT2D eigenvalue weighted by atomic mass is 32.2. The number of fused-ring (bicyclic) bond motifs is 1. The zero-order valence-corrected chi connectivity index (χ0v) is 24.0. The van der Waals surface area contributed by atoms with Crippen molar-refractivity contribution < 1.29 is 19.1 Å². The predicted molar refractivity (Wildman–Crippen MR) is 154 cm³/mol. The average molecular weight is 608 g/mol. The number of ether oxygens (including phenoxy) is 1. The minimum atomic E-state index is -0.744. The maximum atomic E-state index is 13.9. The van der Waals surface area contributed by atoms with Gasteiger partial charge in [-0.3, -0.25) is 14.5 Å². The number of rotatable bonds is 9. The number of benzene rings is 2. The maximum Gasteiger partial charge on any atom is 0.356 e. The summed E-state index contributed by atoms with van der Waals surface area (Å²) >= 11 is 5.54. The first-order valence-corrected chi connectivity index (χ1v) is 15.9. The van der Waals surface area contributed by atoms with Gasteiger partial charge >= 0.3 is 5.97 Å². The molecule has 1 N–H and O–H groups in total. The van der Waals surface area contributed by atoms with E-state index >= 15 is 0 Å². The second-order valence-electron chi connectivity index (χ2n) is 8.80. The fourth-order valence-corrected chi connectivity index (χ4v) is 8.10. The fourth-order valence-electron chi connectivity index (χ4n) is 4.43. The molecule has 2 aliphatic rings. The topological polar surface area (TPSA) is 114 Å². The number of esters is 1. The Bertz CT molecular complexity index is 1490. The predicted octanol–water partition coefficient (Wildman–Crippen LogP) is 4.27. The number of amides is 2. The van der Waals surface area contributed by atoms with E-state index in [1.165, 1.54) is 51.1 Å². The maximum absolute atomic E-state index is 13.9. The average Bonchev–Trinajstić information content (AvgIpc) is 3.70. The molecule has 0 radical (unpaired) electrons. The first-order chi connectivity index (χ1) is 19.6. The van der Waals surface area contributed by atoms with Crippen LogP contribution in [0.2, 0.25) is 0 Å². The molecule has 2 aliphatic heterocycles. The number of thioether (sulfide) groups is 2. The number of nitrogens with zero attached hydrogens (tertiary/aromatic N) is 4. The zero-order chi connectivity index (χ0) is 27.5. The number of nitrogens with one attached hydrogen (secondary N) is 1. The Labute approximate surface area is 246 Å². The summed E-state index contributed by atoms with van der Waals surface area (Å²) in [6.07, 6.45) is -0.586. The Morgan fingerprint density at radius 2 is 1.80 bits per heavy atom. The molecular weight excluding hydrogens is 587 g/mol. The van der Waals surface area contributed by atoms with E-state index in [9.17, 15) is 14.4 Å². The molecule has 202 valence electrons. The van der Waals surface area contributed by atoms with E-state index in [0.29, 0.717) is 20.7 Å². The molecule has 1 saturated heterocycles. The van der Waals surface area contributed by atoms with Gasteiger partial charge in [0.25, 0.3) is 5.91 Å². The van der Waals surface area contributed by atoms with Gasteiger partial charge in [-0.25, -0.2) is 9.78 Å². The van der Waals surface area contributed by atoms with Crippen molar-refractivity contribution in [2.75, 3.05) is 5.75 Å². The number of aromatic nitrogens is 3. The van der Waals surface area contributed by atoms with Gasteiger partial charge in [0.1, 0.15) is 22.6 Å². The van der Waals surface area contributed by atoms with Crippen molar-refractivity contribution in [3.05, 3.63) is 104 Å². The summed E-state index contributed by atoms with van der Waals surface area (Å²) in [4.78, 5) is 46.3. The molecule has 0 spiro atoms. The van der Waals surface area contributed by atoms with Crippen LogP contribution >= 0.6 is 46.2 Å². The number of carbonyl (C=O) groups excluding carboxylic acids is 3. The van der Waals surface area contributed by atoms with E-state index in [1.54, 1.807) is 16.4 Å². The highest BCUT2D eigenvalue weighted by molar-refractivity contribution is 8.07. The molecule has 6 rings (SSSR count). The number of β-lactam (4-membered cyclic amide) rings is 1. The van der Waals surface area contributed by atoms with Crippen LogP contribution < -0.4 is 5.32 Å². The van der Waals surface area contributed by atoms with Gasteiger partial charge in [0.15, 0.2) is 10.4 Å². The van der Waals surface area contributed by atoms with Crippen molar-refractivity contribution >= 4 is 64.0 Å². The third-order valence-corrected chi connectivity index (χ3v) is 10.2. The van der Waals surface area contributed by atoms with Gasteiger partial charge in [-0.15, -0.1) is 33.3 Å². The highest BCUT2D eigenvalue weighted by Gasteiger charge is 2.55. The standard InChI is InChI=1S/C27H21N5O4S4/c33-20(11-18-12-37-14-28-18)30-21-24(34)32-22(19(13-38-25(21)32)40-27-31-29-15-39-27)26(35)36-23(16-7-3-1-4-8-16)17-9-5-2-6-10-17/h1-10,12,14-15,21,23,25H,11,13H2,(H,30,33)/t21-,25-/m1/s1. The van der Waals surface area contributed by atoms with E-state index in [2.05, 4.69) is 20.5 Å². The molecule has 2 aromatic carbocycles. The van der Waals surface area contributed by atoms with Gasteiger partial charge in [0.2, 0.25) is 5.91 Å². The van der Waals surface area contributed by atoms with Crippen molar-refractivity contribution in [2.45, 2.75) is 28.3 Å². The van der Waals surface area contributed by atoms with Crippen LogP contribution in [0.3, 0.4) is 0 Å². The normalized spacial score (nSPS) is 18.3. The van der Waals surface area contributed by atoms with Crippen molar-refractivity contribution in [1.82, 2.24) is 25.4 Å². The first kappa shape index (κ1) is 26.7. The van der Waals surface area contributed by atoms with Gasteiger partial charge in [-0.2, -0.15) is 0 Å². The Morgan fingerprint density at radius 3 is 2.42 bits per heavy atom. The van der Waals surface area contributed by atoms with Crippen LogP contribution in [-0.2, 0) is 25.5 Å². The Hall–Kier alpha value is -3.52. The molecule has 9 nitrogen and oxygen atoms in total. The van der Waals surface area contributed by atoms with Crippen LogP contribution in [-0.4, -0.2) is 55.0 Å². The van der Waals surface area contributed by atoms with Crippen molar-refractivity contribution in [1.29, 1.82) is 0 Å². The summed E-state index contributed by atoms with van der Waals surface area (Å²) in [5.41, 5.74) is 5.72. The smallest absolute Gasteiger partial charge is 0.356 e. The molecule has 4 aromatic rings. The van der Waals surface area contributed by atoms with Gasteiger partial charge in [-0.05, 0) is 11.1 Å². The summed E-state index contributed by atoms with van der Waals surface area (Å²) in [7, 11) is 0. The summed E-state index contributed by atoms with van der Waals surface area (Å²) in [6, 6.07) is 18.2. The molecule has 0 saturated carbocycles. The summed E-state index contributed by atoms with van der Waals surface area (Å²) in [5, 5.41) is 12.2. The summed E-state index contributed by atoms with van der Waals surface area (Å²) in [5.74, 6) is -0.819. The molecule has 0 bridgehead atoms. The largest absolute Gasteiger partial charge is 0.448 e. The second kappa shape index (κ2) is 11.9. The number of carbonyl (C=O) groups is 3. The van der Waals surface area contributed by atoms with E-state index < -0.39 is 23.5 Å². The summed E-state index contributed by atoms with van der Waals surface area (Å²) in [6.45, 7) is 0. The fraction of sp³-hybridized carbons (Fsp3) is 0.185. The molecule has 13 heteroatoms. The molecule has 40 heavy (non-hydrogen) atoms. The quantitative estimate of drug-likeness (QED) is 0.220. The van der Waals surface area contributed by atoms with Crippen molar-refractivity contribution in [3.8, 4) is 0 Å². The van der Waals surface area contributed by atoms with Crippen LogP contribution in [0.5, 0.6) is 0 Å². The van der Waals surface area contributed by atoms with Crippen LogP contribution in [0.1, 0.15) is 22.9 Å². The zero-order valence-electron chi connectivity index (χ0n) is 20.7. The third-order valence-electron chi connectivity index (χ3n) is 6.25. The van der Waals surface area contributed by atoms with Gasteiger partial charge in [0, 0.05) is 16.0 Å². The van der Waals surface area contributed by atoms with Gasteiger partial charge in [0.05, 0.1) is 17.6 Å². The molecular formula is C27H21N5O4S4. The molecule has 2 atom stereocenters. The van der Waals surface area contributed by atoms with Crippen molar-refractivity contribution in [3.63, 3.8) is 0 Å². The molecule has 0 unspecified atom stereocenters. The van der Waals surface area contributed by atoms with E-state index in [0.717, 1.165) is 11.1 Å². The lowest BCUT2D eigenvalue weighted by Gasteiger charge is -2.49. The molecule has 0 aliphatic carbocycles. The molecule has 2 aromatic heterocycles. The van der Waals surface area contributed by atoms with Gasteiger partial charge in [-0.1, -0.05) is 83.8 Å². The lowest BCUT2D eigenvalue weighted by atomic mass is 10.0. The lowest BCUT2D eigenvalue weighted by Crippen LogP contribution is -2.70. The van der Waals surface area contributed by atoms with E-state index in [4.69, 9.17) is 4.74 Å². The van der Waals surface area contributed by atoms with Gasteiger partial charge < -0.3 is 10.1 Å². The van der Waals surface area contributed by atoms with Crippen LogP contribution in [0.25, 0.3) is 0 Å². The van der Waals surface area contributed by atoms with Crippen molar-refractivity contribution in [2.24, 2.45) is 0 Å². The minimum Gasteiger partial charge on any atom is -0.448 e. The molecule has 2 amide bonds. The number of hydrogen-bond donors (Lipinski definition) is 1. The van der Waals surface area contributed by atoms with Crippen LogP contribution in [0.15, 0.2) is 92.0 Å². The molecule has 1 fully saturated rings. The second-order valence-corrected chi connectivity index (χ2v) is 12.8. The van der Waals surface area contributed by atoms with Crippen LogP contribution in [0.4, 0.5) is 0 Å². The highest BCUT2D eigenvalue weighted by Crippen LogP contribution is 2.46. The minimum absolute atomic E-state index is 0.0867. The monoisotopic (exact) mass is 607 g/mol. The third kappa shape index (κ3) is 5.55. The Kier molecular flexibility index (Phi) is 7.96. The number of thiazole rings is 1. The van der Waals surface area contributed by atoms with E-state index in [1.807, 2.05) is 60.7 Å². The van der Waals surface area contributed by atoms with Crippen LogP contribution in [0, 0.1) is 0 Å². The Balaban J connectivity index is 1.28. The summed E-state index contributed by atoms with van der Waals surface area (Å²) < 4.78 is 6.81. The number of hydrogen-bond acceptors (Lipinski definition) is 11. The Morgan fingerprint density at radius 1 is 1.07 bits per heavy atom. The lowest BCUT2D eigenvalue weighted by molar-refractivity contribution is -0.154. The molecule has 4 heterocycles. The van der Waals surface area contributed by atoms with E-state index in [-0.39, 0.29) is 23.9 Å². The SMILES string of the molecule is O=C(Cc1cscn1)N[C@@H]1C(=O)N2C(C(=O)OC(c3ccccc3)c3ccccc3)=C(Sc3nncs3)CS[C@H]12.